The highest BCUT2D eigenvalue weighted by atomic mass is 16.2. The molecule has 1 aromatic carbocycles. The van der Waals surface area contributed by atoms with Crippen molar-refractivity contribution in [2.24, 2.45) is 5.92 Å². The third-order valence-electron chi connectivity index (χ3n) is 4.81. The van der Waals surface area contributed by atoms with E-state index in [1.807, 2.05) is 23.1 Å². The summed E-state index contributed by atoms with van der Waals surface area (Å²) >= 11 is 0. The number of H-pyrrole nitrogens is 1. The van der Waals surface area contributed by atoms with Crippen LogP contribution < -0.4 is 5.56 Å². The Morgan fingerprint density at radius 1 is 1.19 bits per heavy atom. The zero-order valence-electron chi connectivity index (χ0n) is 15.7. The van der Waals surface area contributed by atoms with Crippen LogP contribution >= 0.6 is 0 Å². The number of fused-ring (bicyclic) bond motifs is 1. The van der Waals surface area contributed by atoms with Crippen LogP contribution in [0.1, 0.15) is 32.5 Å². The van der Waals surface area contributed by atoms with Crippen LogP contribution in [0, 0.1) is 5.92 Å². The number of nitrogens with one attached hydrogen (secondary N) is 1. The van der Waals surface area contributed by atoms with Crippen LogP contribution in [0.25, 0.3) is 10.9 Å². The number of para-hydroxylation sites is 1. The lowest BCUT2D eigenvalue weighted by atomic mass is 10.1. The van der Waals surface area contributed by atoms with Gasteiger partial charge in [0.15, 0.2) is 0 Å². The number of rotatable bonds is 6. The molecule has 0 spiro atoms. The molecule has 0 radical (unpaired) electrons. The van der Waals surface area contributed by atoms with Gasteiger partial charge in [0.05, 0.1) is 10.9 Å². The first-order valence-electron chi connectivity index (χ1n) is 9.51. The number of aromatic amines is 1. The third-order valence-corrected chi connectivity index (χ3v) is 4.81. The zero-order chi connectivity index (χ0) is 18.5. The molecule has 140 valence electrons. The van der Waals surface area contributed by atoms with Crippen molar-refractivity contribution in [2.45, 2.75) is 33.1 Å². The van der Waals surface area contributed by atoms with Crippen molar-refractivity contribution in [2.75, 3.05) is 32.7 Å². The average Bonchev–Trinajstić information content (AvgIpc) is 2.62. The highest BCUT2D eigenvalue weighted by Gasteiger charge is 2.21. The monoisotopic (exact) mass is 356 g/mol. The summed E-state index contributed by atoms with van der Waals surface area (Å²) in [4.78, 5) is 36.2. The van der Waals surface area contributed by atoms with Crippen LogP contribution in [0.5, 0.6) is 0 Å². The molecule has 1 N–H and O–H groups in total. The minimum Gasteiger partial charge on any atom is -0.340 e. The molecule has 1 aliphatic heterocycles. The molecule has 1 saturated heterocycles. The lowest BCUT2D eigenvalue weighted by molar-refractivity contribution is -0.133. The zero-order valence-corrected chi connectivity index (χ0v) is 15.7. The minimum atomic E-state index is -0.113. The van der Waals surface area contributed by atoms with Crippen molar-refractivity contribution in [3.05, 3.63) is 40.4 Å². The van der Waals surface area contributed by atoms with Gasteiger partial charge in [0, 0.05) is 45.6 Å². The van der Waals surface area contributed by atoms with Crippen molar-refractivity contribution in [3.63, 3.8) is 0 Å². The Hall–Kier alpha value is -2.21. The molecule has 6 heteroatoms. The number of piperazine rings is 1. The average molecular weight is 356 g/mol. The Kier molecular flexibility index (Phi) is 6.04. The number of hydrogen-bond acceptors (Lipinski definition) is 4. The topological polar surface area (TPSA) is 69.3 Å². The molecule has 0 atom stereocenters. The normalized spacial score (nSPS) is 15.7. The second-order valence-electron chi connectivity index (χ2n) is 7.46. The lowest BCUT2D eigenvalue weighted by Crippen LogP contribution is -2.49. The Bertz CT molecular complexity index is 807. The summed E-state index contributed by atoms with van der Waals surface area (Å²) in [6.07, 6.45) is 1.81. The second kappa shape index (κ2) is 8.45. The molecule has 6 nitrogen and oxygen atoms in total. The van der Waals surface area contributed by atoms with Gasteiger partial charge in [-0.05, 0) is 24.5 Å². The van der Waals surface area contributed by atoms with Crippen molar-refractivity contribution < 1.29 is 4.79 Å². The van der Waals surface area contributed by atoms with Gasteiger partial charge < -0.3 is 9.88 Å². The summed E-state index contributed by atoms with van der Waals surface area (Å²) < 4.78 is 0. The molecular weight excluding hydrogens is 328 g/mol. The molecular formula is C20H28N4O2. The SMILES string of the molecule is CC(C)CN1CCN(C(=O)CCCc2nc3ccccc3c(=O)[nH]2)CC1. The molecule has 0 unspecified atom stereocenters. The van der Waals surface area contributed by atoms with Crippen LogP contribution in [-0.4, -0.2) is 58.4 Å². The summed E-state index contributed by atoms with van der Waals surface area (Å²) in [6, 6.07) is 7.32. The van der Waals surface area contributed by atoms with E-state index in [4.69, 9.17) is 0 Å². The van der Waals surface area contributed by atoms with E-state index < -0.39 is 0 Å². The Balaban J connectivity index is 1.48. The Labute approximate surface area is 154 Å². The molecule has 1 amide bonds. The molecule has 26 heavy (non-hydrogen) atoms. The van der Waals surface area contributed by atoms with Gasteiger partial charge in [0.25, 0.3) is 5.56 Å². The van der Waals surface area contributed by atoms with Gasteiger partial charge in [-0.3, -0.25) is 14.5 Å². The smallest absolute Gasteiger partial charge is 0.258 e. The molecule has 0 bridgehead atoms. The number of hydrogen-bond donors (Lipinski definition) is 1. The number of aromatic nitrogens is 2. The number of benzene rings is 1. The molecule has 0 saturated carbocycles. The molecule has 1 aliphatic rings. The summed E-state index contributed by atoms with van der Waals surface area (Å²) in [5.74, 6) is 1.52. The Morgan fingerprint density at radius 3 is 2.65 bits per heavy atom. The molecule has 2 heterocycles. The predicted molar refractivity (Wildman–Crippen MR) is 103 cm³/mol. The van der Waals surface area contributed by atoms with Crippen LogP contribution in [0.15, 0.2) is 29.1 Å². The molecule has 1 fully saturated rings. The number of carbonyl (C=O) groups is 1. The van der Waals surface area contributed by atoms with Crippen molar-refractivity contribution in [1.82, 2.24) is 19.8 Å². The first kappa shape index (κ1) is 18.6. The predicted octanol–water partition coefficient (Wildman–Crippen LogP) is 2.05. The van der Waals surface area contributed by atoms with Gasteiger partial charge in [0.1, 0.15) is 5.82 Å². The fourth-order valence-electron chi connectivity index (χ4n) is 3.51. The first-order chi connectivity index (χ1) is 12.5. The van der Waals surface area contributed by atoms with Crippen LogP contribution in [0.4, 0.5) is 0 Å². The quantitative estimate of drug-likeness (QED) is 0.860. The van der Waals surface area contributed by atoms with Gasteiger partial charge >= 0.3 is 0 Å². The van der Waals surface area contributed by atoms with E-state index in [9.17, 15) is 9.59 Å². The maximum absolute atomic E-state index is 12.4. The third kappa shape index (κ3) is 4.69. The van der Waals surface area contributed by atoms with E-state index in [0.717, 1.165) is 32.7 Å². The van der Waals surface area contributed by atoms with Crippen molar-refractivity contribution in [3.8, 4) is 0 Å². The van der Waals surface area contributed by atoms with Crippen LogP contribution in [-0.2, 0) is 11.2 Å². The summed E-state index contributed by atoms with van der Waals surface area (Å²) in [5.41, 5.74) is 0.594. The van der Waals surface area contributed by atoms with E-state index in [0.29, 0.717) is 41.9 Å². The van der Waals surface area contributed by atoms with Gasteiger partial charge in [-0.25, -0.2) is 4.98 Å². The van der Waals surface area contributed by atoms with Gasteiger partial charge in [0.2, 0.25) is 5.91 Å². The van der Waals surface area contributed by atoms with E-state index in [1.165, 1.54) is 0 Å². The molecule has 3 rings (SSSR count). The standard InChI is InChI=1S/C20H28N4O2/c1-15(2)14-23-10-12-24(13-11-23)19(25)9-5-8-18-21-17-7-4-3-6-16(17)20(26)22-18/h3-4,6-7,15H,5,8-14H2,1-2H3,(H,21,22,26). The maximum Gasteiger partial charge on any atom is 0.258 e. The van der Waals surface area contributed by atoms with E-state index in [1.54, 1.807) is 6.07 Å². The van der Waals surface area contributed by atoms with E-state index in [-0.39, 0.29) is 11.5 Å². The summed E-state index contributed by atoms with van der Waals surface area (Å²) in [7, 11) is 0. The fraction of sp³-hybridized carbons (Fsp3) is 0.550. The number of nitrogens with zero attached hydrogens (tertiary/aromatic N) is 3. The molecule has 2 aromatic rings. The van der Waals surface area contributed by atoms with E-state index >= 15 is 0 Å². The minimum absolute atomic E-state index is 0.113. The summed E-state index contributed by atoms with van der Waals surface area (Å²) in [5, 5.41) is 0.603. The van der Waals surface area contributed by atoms with Crippen LogP contribution in [0.3, 0.4) is 0 Å². The largest absolute Gasteiger partial charge is 0.340 e. The maximum atomic E-state index is 12.4. The van der Waals surface area contributed by atoms with Crippen LogP contribution in [0.2, 0.25) is 0 Å². The van der Waals surface area contributed by atoms with Crippen molar-refractivity contribution >= 4 is 16.8 Å². The fourth-order valence-corrected chi connectivity index (χ4v) is 3.51. The van der Waals surface area contributed by atoms with E-state index in [2.05, 4.69) is 28.7 Å². The highest BCUT2D eigenvalue weighted by Crippen LogP contribution is 2.10. The van der Waals surface area contributed by atoms with Gasteiger partial charge in [-0.1, -0.05) is 26.0 Å². The van der Waals surface area contributed by atoms with Crippen molar-refractivity contribution in [1.29, 1.82) is 0 Å². The molecule has 1 aromatic heterocycles. The summed E-state index contributed by atoms with van der Waals surface area (Å²) in [6.45, 7) is 9.11. The number of carbonyl (C=O) groups excluding carboxylic acids is 1. The van der Waals surface area contributed by atoms with Gasteiger partial charge in [-0.2, -0.15) is 0 Å². The highest BCUT2D eigenvalue weighted by molar-refractivity contribution is 5.77. The lowest BCUT2D eigenvalue weighted by Gasteiger charge is -2.35. The number of amides is 1. The second-order valence-corrected chi connectivity index (χ2v) is 7.46. The van der Waals surface area contributed by atoms with Gasteiger partial charge in [-0.15, -0.1) is 0 Å². The Morgan fingerprint density at radius 2 is 1.92 bits per heavy atom. The first-order valence-corrected chi connectivity index (χ1v) is 9.51. The number of aryl methyl sites for hydroxylation is 1. The molecule has 0 aliphatic carbocycles.